The summed E-state index contributed by atoms with van der Waals surface area (Å²) < 4.78 is 6.23. The molecule has 1 fully saturated rings. The highest BCUT2D eigenvalue weighted by atomic mass is 16.5. The summed E-state index contributed by atoms with van der Waals surface area (Å²) in [5, 5.41) is 30.2. The molecule has 1 aromatic carbocycles. The van der Waals surface area contributed by atoms with E-state index < -0.39 is 18.2 Å². The Kier molecular flexibility index (Phi) is 7.36. The van der Waals surface area contributed by atoms with Crippen molar-refractivity contribution in [2.24, 2.45) is 17.8 Å². The zero-order valence-corrected chi connectivity index (χ0v) is 17.5. The second-order valence-electron chi connectivity index (χ2n) is 9.00. The maximum Gasteiger partial charge on any atom is 0.335 e. The number of fused-ring (bicyclic) bond motifs is 2. The van der Waals surface area contributed by atoms with Gasteiger partial charge in [0.05, 0.1) is 17.8 Å². The van der Waals surface area contributed by atoms with Crippen LogP contribution in [0.25, 0.3) is 0 Å². The molecule has 5 nitrogen and oxygen atoms in total. The first kappa shape index (κ1) is 21.8. The molecule has 3 rings (SSSR count). The Morgan fingerprint density at radius 2 is 2.10 bits per heavy atom. The van der Waals surface area contributed by atoms with Gasteiger partial charge in [0, 0.05) is 18.3 Å². The molecule has 2 aliphatic rings. The van der Waals surface area contributed by atoms with Gasteiger partial charge >= 0.3 is 5.97 Å². The van der Waals surface area contributed by atoms with E-state index in [1.54, 1.807) is 12.1 Å². The molecule has 1 unspecified atom stereocenters. The highest BCUT2D eigenvalue weighted by Gasteiger charge is 2.43. The standard InChI is InChI=1S/C24H34O5/c1-15(2)5-3-7-18(25)11-12-19-20-8-4-6-16-9-10-17(24(27)28)13-22(16)29-23(20)14-21(19)26/h9-13,15,18-21,23,25-26H,3-8,14H2,1-2H3,(H,27,28)/b12-11+/t18-,19+,20?,21+,23-/m0/s1. The van der Waals surface area contributed by atoms with Crippen LogP contribution in [-0.4, -0.2) is 39.6 Å². The van der Waals surface area contributed by atoms with Crippen molar-refractivity contribution in [3.63, 3.8) is 0 Å². The van der Waals surface area contributed by atoms with Crippen LogP contribution in [0, 0.1) is 17.8 Å². The van der Waals surface area contributed by atoms with Crippen LogP contribution in [0.1, 0.15) is 68.3 Å². The Morgan fingerprint density at radius 3 is 2.83 bits per heavy atom. The van der Waals surface area contributed by atoms with Crippen LogP contribution in [-0.2, 0) is 6.42 Å². The van der Waals surface area contributed by atoms with Gasteiger partial charge in [-0.05, 0) is 49.3 Å². The first-order valence-electron chi connectivity index (χ1n) is 10.9. The third kappa shape index (κ3) is 5.61. The second-order valence-corrected chi connectivity index (χ2v) is 9.00. The van der Waals surface area contributed by atoms with E-state index >= 15 is 0 Å². The molecule has 0 saturated heterocycles. The molecule has 1 aromatic rings. The van der Waals surface area contributed by atoms with Crippen LogP contribution >= 0.6 is 0 Å². The van der Waals surface area contributed by atoms with Crippen LogP contribution in [0.4, 0.5) is 0 Å². The molecule has 0 spiro atoms. The molecule has 3 N–H and O–H groups in total. The fraction of sp³-hybridized carbons (Fsp3) is 0.625. The van der Waals surface area contributed by atoms with E-state index in [4.69, 9.17) is 4.74 Å². The lowest BCUT2D eigenvalue weighted by molar-refractivity contribution is 0.0695. The van der Waals surface area contributed by atoms with Gasteiger partial charge in [-0.2, -0.15) is 0 Å². The smallest absolute Gasteiger partial charge is 0.335 e. The molecule has 1 saturated carbocycles. The number of carboxylic acid groups (broad SMARTS) is 1. The van der Waals surface area contributed by atoms with Crippen LogP contribution in [0.5, 0.6) is 5.75 Å². The average Bonchev–Trinajstić information content (AvgIpc) is 2.92. The van der Waals surface area contributed by atoms with Crippen LogP contribution in [0.15, 0.2) is 30.4 Å². The molecule has 160 valence electrons. The van der Waals surface area contributed by atoms with Crippen molar-refractivity contribution in [2.75, 3.05) is 0 Å². The van der Waals surface area contributed by atoms with Crippen molar-refractivity contribution < 1.29 is 24.9 Å². The summed E-state index contributed by atoms with van der Waals surface area (Å²) >= 11 is 0. The Hall–Kier alpha value is -1.85. The minimum atomic E-state index is -0.964. The summed E-state index contributed by atoms with van der Waals surface area (Å²) in [6, 6.07) is 5.07. The number of aryl methyl sites for hydroxylation is 1. The molecule has 5 atom stereocenters. The highest BCUT2D eigenvalue weighted by molar-refractivity contribution is 5.88. The molecule has 1 aliphatic heterocycles. The minimum absolute atomic E-state index is 0.0380. The van der Waals surface area contributed by atoms with E-state index in [0.717, 1.165) is 44.1 Å². The van der Waals surface area contributed by atoms with Gasteiger partial charge < -0.3 is 20.1 Å². The first-order chi connectivity index (χ1) is 13.8. The third-order valence-electron chi connectivity index (χ3n) is 6.30. The van der Waals surface area contributed by atoms with Crippen molar-refractivity contribution in [3.05, 3.63) is 41.5 Å². The minimum Gasteiger partial charge on any atom is -0.490 e. The van der Waals surface area contributed by atoms with Crippen LogP contribution < -0.4 is 4.74 Å². The van der Waals surface area contributed by atoms with Gasteiger partial charge in [-0.25, -0.2) is 4.79 Å². The van der Waals surface area contributed by atoms with Crippen LogP contribution in [0.3, 0.4) is 0 Å². The average molecular weight is 403 g/mol. The van der Waals surface area contributed by atoms with Gasteiger partial charge in [0.25, 0.3) is 0 Å². The van der Waals surface area contributed by atoms with Gasteiger partial charge in [-0.3, -0.25) is 0 Å². The number of carboxylic acids is 1. The zero-order valence-electron chi connectivity index (χ0n) is 17.5. The summed E-state index contributed by atoms with van der Waals surface area (Å²) in [5.74, 6) is 0.439. The number of aliphatic hydroxyl groups is 2. The number of aromatic carboxylic acids is 1. The maximum atomic E-state index is 11.3. The number of benzene rings is 1. The summed E-state index contributed by atoms with van der Waals surface area (Å²) in [7, 11) is 0. The van der Waals surface area contributed by atoms with Gasteiger partial charge in [0.1, 0.15) is 11.9 Å². The molecular formula is C24H34O5. The molecule has 1 aliphatic carbocycles. The largest absolute Gasteiger partial charge is 0.490 e. The van der Waals surface area contributed by atoms with Crippen molar-refractivity contribution in [3.8, 4) is 5.75 Å². The number of rotatable bonds is 7. The molecular weight excluding hydrogens is 368 g/mol. The molecule has 0 radical (unpaired) electrons. The summed E-state index contributed by atoms with van der Waals surface area (Å²) in [6.07, 6.45) is 8.82. The number of ether oxygens (including phenoxy) is 1. The molecule has 1 heterocycles. The summed E-state index contributed by atoms with van der Waals surface area (Å²) in [4.78, 5) is 11.3. The normalized spacial score (nSPS) is 27.8. The predicted molar refractivity (Wildman–Crippen MR) is 112 cm³/mol. The van der Waals surface area contributed by atoms with Crippen molar-refractivity contribution >= 4 is 5.97 Å². The number of carbonyl (C=O) groups is 1. The summed E-state index contributed by atoms with van der Waals surface area (Å²) in [6.45, 7) is 4.37. The molecule has 0 bridgehead atoms. The molecule has 29 heavy (non-hydrogen) atoms. The van der Waals surface area contributed by atoms with E-state index in [-0.39, 0.29) is 23.5 Å². The maximum absolute atomic E-state index is 11.3. The van der Waals surface area contributed by atoms with E-state index in [9.17, 15) is 20.1 Å². The van der Waals surface area contributed by atoms with Crippen molar-refractivity contribution in [1.82, 2.24) is 0 Å². The number of hydrogen-bond acceptors (Lipinski definition) is 4. The van der Waals surface area contributed by atoms with Gasteiger partial charge in [-0.1, -0.05) is 44.9 Å². The zero-order chi connectivity index (χ0) is 21.0. The lowest BCUT2D eigenvalue weighted by atomic mass is 9.86. The molecule has 0 amide bonds. The number of hydrogen-bond donors (Lipinski definition) is 3. The topological polar surface area (TPSA) is 87.0 Å². The van der Waals surface area contributed by atoms with Crippen molar-refractivity contribution in [2.45, 2.75) is 77.1 Å². The van der Waals surface area contributed by atoms with E-state index in [0.29, 0.717) is 18.1 Å². The monoisotopic (exact) mass is 402 g/mol. The predicted octanol–water partition coefficient (Wildman–Crippen LogP) is 4.21. The third-order valence-corrected chi connectivity index (χ3v) is 6.30. The van der Waals surface area contributed by atoms with Gasteiger partial charge in [0.15, 0.2) is 0 Å². The Labute approximate surface area is 173 Å². The fourth-order valence-corrected chi connectivity index (χ4v) is 4.67. The van der Waals surface area contributed by atoms with E-state index in [1.165, 1.54) is 0 Å². The van der Waals surface area contributed by atoms with Crippen LogP contribution in [0.2, 0.25) is 0 Å². The Bertz CT molecular complexity index is 726. The van der Waals surface area contributed by atoms with Gasteiger partial charge in [0.2, 0.25) is 0 Å². The lowest BCUT2D eigenvalue weighted by Gasteiger charge is -2.28. The first-order valence-corrected chi connectivity index (χ1v) is 10.9. The highest BCUT2D eigenvalue weighted by Crippen LogP contribution is 2.42. The van der Waals surface area contributed by atoms with E-state index in [2.05, 4.69) is 13.8 Å². The van der Waals surface area contributed by atoms with Gasteiger partial charge in [-0.15, -0.1) is 0 Å². The van der Waals surface area contributed by atoms with E-state index in [1.807, 2.05) is 18.2 Å². The second kappa shape index (κ2) is 9.77. The summed E-state index contributed by atoms with van der Waals surface area (Å²) in [5.41, 5.74) is 1.25. The fourth-order valence-electron chi connectivity index (χ4n) is 4.67. The van der Waals surface area contributed by atoms with Crippen molar-refractivity contribution in [1.29, 1.82) is 0 Å². The molecule has 0 aromatic heterocycles. The Morgan fingerprint density at radius 1 is 1.31 bits per heavy atom. The number of aliphatic hydroxyl groups excluding tert-OH is 2. The Balaban J connectivity index is 1.68. The SMILES string of the molecule is CC(C)CCC[C@H](O)/C=C/[C@@H]1C2CCCc3ccc(C(=O)O)cc3O[C@H]2C[C@H]1O. The quantitative estimate of drug-likeness (QED) is 0.595. The molecule has 5 heteroatoms. The lowest BCUT2D eigenvalue weighted by Crippen LogP contribution is -2.27.